The molecule has 1 aromatic rings. The molecule has 80 valence electrons. The van der Waals surface area contributed by atoms with Crippen LogP contribution in [0, 0.1) is 0 Å². The van der Waals surface area contributed by atoms with Gasteiger partial charge in [0.05, 0.1) is 11.9 Å². The Morgan fingerprint density at radius 2 is 2.47 bits per heavy atom. The number of nitrogens with one attached hydrogen (secondary N) is 1. The number of ether oxygens (including phenoxy) is 1. The Balaban J connectivity index is 1.96. The first-order valence-electron chi connectivity index (χ1n) is 4.80. The van der Waals surface area contributed by atoms with Crippen molar-refractivity contribution >= 4 is 27.5 Å². The highest BCUT2D eigenvalue weighted by atomic mass is 79.9. The van der Waals surface area contributed by atoms with Gasteiger partial charge in [0, 0.05) is 6.61 Å². The van der Waals surface area contributed by atoms with Crippen LogP contribution in [0.3, 0.4) is 0 Å². The van der Waals surface area contributed by atoms with Crippen LogP contribution in [0.5, 0.6) is 0 Å². The standard InChI is InChI=1S/C10H11BrN2O2/c11-9-4-3-7(6-12-9)13-10(14)8-2-1-5-15-8/h3-4,6,8H,1-2,5H2,(H,13,14). The van der Waals surface area contributed by atoms with Gasteiger partial charge in [0.2, 0.25) is 0 Å². The smallest absolute Gasteiger partial charge is 0.253 e. The molecule has 1 atom stereocenters. The molecule has 4 nitrogen and oxygen atoms in total. The number of nitrogens with zero attached hydrogens (tertiary/aromatic N) is 1. The maximum atomic E-state index is 11.6. The fourth-order valence-corrected chi connectivity index (χ4v) is 1.69. The number of hydrogen-bond acceptors (Lipinski definition) is 3. The quantitative estimate of drug-likeness (QED) is 0.836. The second-order valence-corrected chi connectivity index (χ2v) is 4.17. The average molecular weight is 271 g/mol. The minimum atomic E-state index is -0.298. The van der Waals surface area contributed by atoms with E-state index < -0.39 is 0 Å². The van der Waals surface area contributed by atoms with Crippen LogP contribution in [0.1, 0.15) is 12.8 Å². The van der Waals surface area contributed by atoms with E-state index in [9.17, 15) is 4.79 Å². The predicted molar refractivity (Wildman–Crippen MR) is 59.5 cm³/mol. The van der Waals surface area contributed by atoms with Gasteiger partial charge < -0.3 is 10.1 Å². The summed E-state index contributed by atoms with van der Waals surface area (Å²) < 4.78 is 6.02. The summed E-state index contributed by atoms with van der Waals surface area (Å²) in [5, 5.41) is 2.76. The third kappa shape index (κ3) is 2.76. The van der Waals surface area contributed by atoms with E-state index in [0.29, 0.717) is 12.3 Å². The van der Waals surface area contributed by atoms with Crippen LogP contribution in [0.15, 0.2) is 22.9 Å². The molecule has 0 aromatic carbocycles. The molecular weight excluding hydrogens is 260 g/mol. The van der Waals surface area contributed by atoms with Gasteiger partial charge in [-0.1, -0.05) is 0 Å². The maximum Gasteiger partial charge on any atom is 0.253 e. The Labute approximate surface area is 96.2 Å². The van der Waals surface area contributed by atoms with Crippen LogP contribution in [0.4, 0.5) is 5.69 Å². The summed E-state index contributed by atoms with van der Waals surface area (Å²) in [4.78, 5) is 15.6. The van der Waals surface area contributed by atoms with E-state index in [1.54, 1.807) is 18.3 Å². The summed E-state index contributed by atoms with van der Waals surface area (Å²) >= 11 is 3.23. The monoisotopic (exact) mass is 270 g/mol. The number of aromatic nitrogens is 1. The Morgan fingerprint density at radius 3 is 3.07 bits per heavy atom. The maximum absolute atomic E-state index is 11.6. The summed E-state index contributed by atoms with van der Waals surface area (Å²) in [7, 11) is 0. The van der Waals surface area contributed by atoms with E-state index in [1.165, 1.54) is 0 Å². The Hall–Kier alpha value is -0.940. The first kappa shape index (κ1) is 10.6. The second kappa shape index (κ2) is 4.72. The lowest BCUT2D eigenvalue weighted by Crippen LogP contribution is -2.26. The molecule has 1 aromatic heterocycles. The average Bonchev–Trinajstić information content (AvgIpc) is 2.74. The molecule has 15 heavy (non-hydrogen) atoms. The van der Waals surface area contributed by atoms with E-state index in [4.69, 9.17) is 4.74 Å². The van der Waals surface area contributed by atoms with E-state index >= 15 is 0 Å². The van der Waals surface area contributed by atoms with Crippen LogP contribution in [0.2, 0.25) is 0 Å². The SMILES string of the molecule is O=C(Nc1ccc(Br)nc1)C1CCCO1. The molecule has 0 aliphatic carbocycles. The van der Waals surface area contributed by atoms with Crippen molar-refractivity contribution in [2.24, 2.45) is 0 Å². The molecule has 2 rings (SSSR count). The number of amides is 1. The molecule has 1 amide bonds. The van der Waals surface area contributed by atoms with E-state index in [-0.39, 0.29) is 12.0 Å². The number of carbonyl (C=O) groups excluding carboxylic acids is 1. The highest BCUT2D eigenvalue weighted by Gasteiger charge is 2.23. The van der Waals surface area contributed by atoms with Crippen LogP contribution in [0.25, 0.3) is 0 Å². The fourth-order valence-electron chi connectivity index (χ4n) is 1.46. The third-order valence-electron chi connectivity index (χ3n) is 2.22. The minimum absolute atomic E-state index is 0.0865. The summed E-state index contributed by atoms with van der Waals surface area (Å²) in [6.45, 7) is 0.677. The van der Waals surface area contributed by atoms with Gasteiger partial charge in [0.15, 0.2) is 0 Å². The van der Waals surface area contributed by atoms with Gasteiger partial charge in [-0.2, -0.15) is 0 Å². The molecule has 0 bridgehead atoms. The largest absolute Gasteiger partial charge is 0.368 e. The lowest BCUT2D eigenvalue weighted by Gasteiger charge is -2.09. The van der Waals surface area contributed by atoms with Crippen LogP contribution >= 0.6 is 15.9 Å². The molecule has 1 aliphatic heterocycles. The molecule has 1 fully saturated rings. The fraction of sp³-hybridized carbons (Fsp3) is 0.400. The summed E-state index contributed by atoms with van der Waals surface area (Å²) in [6.07, 6.45) is 3.07. The Kier molecular flexibility index (Phi) is 3.33. The van der Waals surface area contributed by atoms with Crippen molar-refractivity contribution in [1.29, 1.82) is 0 Å². The van der Waals surface area contributed by atoms with Gasteiger partial charge in [-0.15, -0.1) is 0 Å². The highest BCUT2D eigenvalue weighted by Crippen LogP contribution is 2.15. The zero-order valence-electron chi connectivity index (χ0n) is 8.07. The molecular formula is C10H11BrN2O2. The van der Waals surface area contributed by atoms with Crippen molar-refractivity contribution in [2.45, 2.75) is 18.9 Å². The highest BCUT2D eigenvalue weighted by molar-refractivity contribution is 9.10. The Morgan fingerprint density at radius 1 is 1.60 bits per heavy atom. The van der Waals surface area contributed by atoms with Crippen molar-refractivity contribution in [2.75, 3.05) is 11.9 Å². The van der Waals surface area contributed by atoms with Crippen LogP contribution in [-0.2, 0) is 9.53 Å². The van der Waals surface area contributed by atoms with Gasteiger partial charge >= 0.3 is 0 Å². The number of halogens is 1. The molecule has 0 spiro atoms. The molecule has 1 saturated heterocycles. The van der Waals surface area contributed by atoms with Gasteiger partial charge in [-0.3, -0.25) is 4.79 Å². The normalized spacial score (nSPS) is 20.2. The first-order chi connectivity index (χ1) is 7.25. The molecule has 1 N–H and O–H groups in total. The van der Waals surface area contributed by atoms with Gasteiger partial charge in [-0.05, 0) is 40.9 Å². The van der Waals surface area contributed by atoms with Crippen LogP contribution < -0.4 is 5.32 Å². The summed E-state index contributed by atoms with van der Waals surface area (Å²) in [5.74, 6) is -0.0865. The zero-order valence-corrected chi connectivity index (χ0v) is 9.66. The molecule has 1 unspecified atom stereocenters. The first-order valence-corrected chi connectivity index (χ1v) is 5.59. The molecule has 5 heteroatoms. The van der Waals surface area contributed by atoms with Crippen molar-refractivity contribution < 1.29 is 9.53 Å². The lowest BCUT2D eigenvalue weighted by atomic mass is 10.2. The van der Waals surface area contributed by atoms with Crippen molar-refractivity contribution in [1.82, 2.24) is 4.98 Å². The van der Waals surface area contributed by atoms with Crippen molar-refractivity contribution in [3.63, 3.8) is 0 Å². The van der Waals surface area contributed by atoms with Crippen molar-refractivity contribution in [3.05, 3.63) is 22.9 Å². The van der Waals surface area contributed by atoms with Gasteiger partial charge in [0.25, 0.3) is 5.91 Å². The van der Waals surface area contributed by atoms with E-state index in [0.717, 1.165) is 17.4 Å². The molecule has 1 aliphatic rings. The number of carbonyl (C=O) groups is 1. The topological polar surface area (TPSA) is 51.2 Å². The number of pyridine rings is 1. The molecule has 0 radical (unpaired) electrons. The van der Waals surface area contributed by atoms with E-state index in [1.807, 2.05) is 0 Å². The third-order valence-corrected chi connectivity index (χ3v) is 2.69. The van der Waals surface area contributed by atoms with Crippen LogP contribution in [-0.4, -0.2) is 23.6 Å². The van der Waals surface area contributed by atoms with Crippen molar-refractivity contribution in [3.8, 4) is 0 Å². The molecule has 2 heterocycles. The summed E-state index contributed by atoms with van der Waals surface area (Å²) in [5.41, 5.74) is 0.693. The number of anilines is 1. The Bertz CT molecular complexity index is 347. The summed E-state index contributed by atoms with van der Waals surface area (Å²) in [6, 6.07) is 3.58. The number of hydrogen-bond donors (Lipinski definition) is 1. The second-order valence-electron chi connectivity index (χ2n) is 3.36. The molecule has 0 saturated carbocycles. The lowest BCUT2D eigenvalue weighted by molar-refractivity contribution is -0.124. The van der Waals surface area contributed by atoms with Gasteiger partial charge in [-0.25, -0.2) is 4.98 Å². The van der Waals surface area contributed by atoms with Gasteiger partial charge in [0.1, 0.15) is 10.7 Å². The number of rotatable bonds is 2. The zero-order chi connectivity index (χ0) is 10.7. The predicted octanol–water partition coefficient (Wildman–Crippen LogP) is 1.96. The van der Waals surface area contributed by atoms with E-state index in [2.05, 4.69) is 26.2 Å². The minimum Gasteiger partial charge on any atom is -0.368 e.